The van der Waals surface area contributed by atoms with Gasteiger partial charge >= 0.3 is 0 Å². The van der Waals surface area contributed by atoms with Gasteiger partial charge in [0, 0.05) is 6.54 Å². The van der Waals surface area contributed by atoms with Crippen LogP contribution in [0, 0.1) is 0 Å². The number of para-hydroxylation sites is 2. The first-order valence-corrected chi connectivity index (χ1v) is 9.49. The first kappa shape index (κ1) is 19.7. The molecule has 3 aromatic rings. The van der Waals surface area contributed by atoms with Gasteiger partial charge in [-0.25, -0.2) is 0 Å². The molecule has 0 saturated heterocycles. The number of nitrogens with one attached hydrogen (secondary N) is 1. The van der Waals surface area contributed by atoms with Crippen molar-refractivity contribution in [2.75, 3.05) is 14.2 Å². The van der Waals surface area contributed by atoms with Gasteiger partial charge in [-0.1, -0.05) is 36.0 Å². The van der Waals surface area contributed by atoms with E-state index in [2.05, 4.69) is 20.8 Å². The molecule has 0 radical (unpaired) electrons. The van der Waals surface area contributed by atoms with Crippen molar-refractivity contribution in [2.45, 2.75) is 23.9 Å². The Bertz CT molecular complexity index is 929. The second-order valence-corrected chi connectivity index (χ2v) is 7.18. The molecule has 0 saturated carbocycles. The normalized spacial score (nSPS) is 11.7. The maximum atomic E-state index is 12.5. The van der Waals surface area contributed by atoms with Crippen LogP contribution >= 0.6 is 11.8 Å². The van der Waals surface area contributed by atoms with Gasteiger partial charge in [-0.15, -0.1) is 5.10 Å². The molecule has 0 spiro atoms. The van der Waals surface area contributed by atoms with Gasteiger partial charge in [0.15, 0.2) is 0 Å². The average Bonchev–Trinajstić information content (AvgIpc) is 3.20. The van der Waals surface area contributed by atoms with Crippen LogP contribution in [0.1, 0.15) is 12.5 Å². The number of nitrogens with zero attached hydrogens (tertiary/aromatic N) is 4. The molecule has 0 fully saturated rings. The highest BCUT2D eigenvalue weighted by atomic mass is 32.2. The minimum Gasteiger partial charge on any atom is -0.497 e. The summed E-state index contributed by atoms with van der Waals surface area (Å²) in [6.45, 7) is 2.25. The molecule has 8 nitrogen and oxygen atoms in total. The van der Waals surface area contributed by atoms with Gasteiger partial charge in [0.05, 0.1) is 19.5 Å². The standard InChI is InChI=1S/C19H21N5O3S/c1-13(18(25)20-12-14-8-10-15(26-2)11-9-14)28-19-21-22-23-24(19)16-6-4-5-7-17(16)27-3/h4-11,13H,12H2,1-3H3,(H,20,25). The molecule has 2 aromatic carbocycles. The molecule has 0 aliphatic heterocycles. The predicted molar refractivity (Wildman–Crippen MR) is 106 cm³/mol. The summed E-state index contributed by atoms with van der Waals surface area (Å²) in [5, 5.41) is 14.9. The Hall–Kier alpha value is -3.07. The van der Waals surface area contributed by atoms with Crippen molar-refractivity contribution in [3.8, 4) is 17.2 Å². The van der Waals surface area contributed by atoms with Crippen molar-refractivity contribution in [1.29, 1.82) is 0 Å². The van der Waals surface area contributed by atoms with E-state index in [0.717, 1.165) is 11.3 Å². The molecule has 1 unspecified atom stereocenters. The van der Waals surface area contributed by atoms with Crippen LogP contribution < -0.4 is 14.8 Å². The van der Waals surface area contributed by atoms with Crippen molar-refractivity contribution < 1.29 is 14.3 Å². The van der Waals surface area contributed by atoms with Gasteiger partial charge in [0.1, 0.15) is 17.2 Å². The summed E-state index contributed by atoms with van der Waals surface area (Å²) in [4.78, 5) is 12.5. The molecule has 28 heavy (non-hydrogen) atoms. The van der Waals surface area contributed by atoms with E-state index in [1.165, 1.54) is 11.8 Å². The van der Waals surface area contributed by atoms with Crippen LogP contribution in [0.15, 0.2) is 53.7 Å². The van der Waals surface area contributed by atoms with Crippen LogP contribution in [-0.2, 0) is 11.3 Å². The monoisotopic (exact) mass is 399 g/mol. The Morgan fingerprint density at radius 1 is 1.14 bits per heavy atom. The van der Waals surface area contributed by atoms with Crippen LogP contribution in [0.4, 0.5) is 0 Å². The minimum atomic E-state index is -0.377. The van der Waals surface area contributed by atoms with Crippen LogP contribution in [0.3, 0.4) is 0 Å². The minimum absolute atomic E-state index is 0.101. The first-order chi connectivity index (χ1) is 13.6. The molecule has 3 rings (SSSR count). The SMILES string of the molecule is COc1ccc(CNC(=O)C(C)Sc2nnnn2-c2ccccc2OC)cc1. The number of rotatable bonds is 8. The average molecular weight is 399 g/mol. The largest absolute Gasteiger partial charge is 0.497 e. The van der Waals surface area contributed by atoms with E-state index < -0.39 is 0 Å². The molecule has 1 atom stereocenters. The van der Waals surface area contributed by atoms with Gasteiger partial charge in [0.2, 0.25) is 11.1 Å². The zero-order chi connectivity index (χ0) is 19.9. The Morgan fingerprint density at radius 2 is 1.89 bits per heavy atom. The third kappa shape index (κ3) is 4.61. The van der Waals surface area contributed by atoms with E-state index in [-0.39, 0.29) is 11.2 Å². The summed E-state index contributed by atoms with van der Waals surface area (Å²) in [5.41, 5.74) is 1.70. The fourth-order valence-electron chi connectivity index (χ4n) is 2.50. The van der Waals surface area contributed by atoms with E-state index in [9.17, 15) is 4.79 Å². The zero-order valence-electron chi connectivity index (χ0n) is 15.8. The molecule has 0 bridgehead atoms. The Balaban J connectivity index is 1.64. The van der Waals surface area contributed by atoms with Crippen molar-refractivity contribution in [3.63, 3.8) is 0 Å². The number of tetrazole rings is 1. The number of carbonyl (C=O) groups is 1. The Morgan fingerprint density at radius 3 is 2.61 bits per heavy atom. The van der Waals surface area contributed by atoms with E-state index in [1.807, 2.05) is 55.5 Å². The summed E-state index contributed by atoms with van der Waals surface area (Å²) in [7, 11) is 3.21. The number of hydrogen-bond acceptors (Lipinski definition) is 7. The molecule has 9 heteroatoms. The van der Waals surface area contributed by atoms with E-state index in [0.29, 0.717) is 23.1 Å². The van der Waals surface area contributed by atoms with Gasteiger partial charge < -0.3 is 14.8 Å². The highest BCUT2D eigenvalue weighted by molar-refractivity contribution is 8.00. The van der Waals surface area contributed by atoms with Crippen LogP contribution in [-0.4, -0.2) is 45.6 Å². The number of methoxy groups -OCH3 is 2. The second-order valence-electron chi connectivity index (χ2n) is 5.87. The van der Waals surface area contributed by atoms with Gasteiger partial charge in [-0.2, -0.15) is 4.68 Å². The number of carbonyl (C=O) groups excluding carboxylic acids is 1. The highest BCUT2D eigenvalue weighted by Crippen LogP contribution is 2.27. The van der Waals surface area contributed by atoms with Crippen LogP contribution in [0.25, 0.3) is 5.69 Å². The van der Waals surface area contributed by atoms with Crippen LogP contribution in [0.5, 0.6) is 11.5 Å². The highest BCUT2D eigenvalue weighted by Gasteiger charge is 2.20. The fraction of sp³-hybridized carbons (Fsp3) is 0.263. The molecular formula is C19H21N5O3S. The lowest BCUT2D eigenvalue weighted by Gasteiger charge is -2.13. The Kier molecular flexibility index (Phi) is 6.49. The van der Waals surface area contributed by atoms with Gasteiger partial charge in [0.25, 0.3) is 0 Å². The molecule has 1 N–H and O–H groups in total. The smallest absolute Gasteiger partial charge is 0.233 e. The summed E-state index contributed by atoms with van der Waals surface area (Å²) in [6, 6.07) is 15.0. The summed E-state index contributed by atoms with van der Waals surface area (Å²) < 4.78 is 12.1. The van der Waals surface area contributed by atoms with Gasteiger partial charge in [-0.3, -0.25) is 4.79 Å². The summed E-state index contributed by atoms with van der Waals surface area (Å²) >= 11 is 1.28. The van der Waals surface area contributed by atoms with Crippen molar-refractivity contribution >= 4 is 17.7 Å². The number of amides is 1. The number of thioether (sulfide) groups is 1. The maximum Gasteiger partial charge on any atom is 0.233 e. The summed E-state index contributed by atoms with van der Waals surface area (Å²) in [6.07, 6.45) is 0. The summed E-state index contributed by atoms with van der Waals surface area (Å²) in [5.74, 6) is 1.32. The van der Waals surface area contributed by atoms with Crippen molar-refractivity contribution in [3.05, 3.63) is 54.1 Å². The quantitative estimate of drug-likeness (QED) is 0.582. The molecule has 1 amide bonds. The third-order valence-electron chi connectivity index (χ3n) is 4.03. The maximum absolute atomic E-state index is 12.5. The molecule has 1 heterocycles. The molecule has 146 valence electrons. The fourth-order valence-corrected chi connectivity index (χ4v) is 3.32. The lowest BCUT2D eigenvalue weighted by atomic mass is 10.2. The number of benzene rings is 2. The van der Waals surface area contributed by atoms with Crippen molar-refractivity contribution in [1.82, 2.24) is 25.5 Å². The molecule has 0 aliphatic carbocycles. The predicted octanol–water partition coefficient (Wildman–Crippen LogP) is 2.48. The Labute approximate surface area is 167 Å². The van der Waals surface area contributed by atoms with E-state index in [1.54, 1.807) is 18.9 Å². The first-order valence-electron chi connectivity index (χ1n) is 8.61. The van der Waals surface area contributed by atoms with E-state index in [4.69, 9.17) is 9.47 Å². The second kappa shape index (κ2) is 9.23. The lowest BCUT2D eigenvalue weighted by Crippen LogP contribution is -2.30. The molecule has 1 aromatic heterocycles. The topological polar surface area (TPSA) is 91.2 Å². The van der Waals surface area contributed by atoms with Gasteiger partial charge in [-0.05, 0) is 47.2 Å². The number of ether oxygens (including phenoxy) is 2. The zero-order valence-corrected chi connectivity index (χ0v) is 16.6. The lowest BCUT2D eigenvalue weighted by molar-refractivity contribution is -0.120. The number of hydrogen-bond donors (Lipinski definition) is 1. The van der Waals surface area contributed by atoms with E-state index >= 15 is 0 Å². The number of aromatic nitrogens is 4. The molecular weight excluding hydrogens is 378 g/mol. The van der Waals surface area contributed by atoms with Crippen molar-refractivity contribution in [2.24, 2.45) is 0 Å². The molecule has 0 aliphatic rings. The van der Waals surface area contributed by atoms with Crippen LogP contribution in [0.2, 0.25) is 0 Å². The third-order valence-corrected chi connectivity index (χ3v) is 5.06.